The van der Waals surface area contributed by atoms with E-state index in [4.69, 9.17) is 11.6 Å². The highest BCUT2D eigenvalue weighted by Crippen LogP contribution is 2.24. The summed E-state index contributed by atoms with van der Waals surface area (Å²) in [5.74, 6) is -4.05. The lowest BCUT2D eigenvalue weighted by atomic mass is 10.0. The molecule has 5 amide bonds. The Morgan fingerprint density at radius 3 is 2.35 bits per heavy atom. The summed E-state index contributed by atoms with van der Waals surface area (Å²) >= 11 is 6.13. The van der Waals surface area contributed by atoms with Crippen molar-refractivity contribution in [1.82, 2.24) is 35.8 Å². The standard InChI is InChI=1S/C33H33ClN10O7/c1-33(2,11-12-45)41-32(51)37-21-6-3-18(4-7-21)13-25(28(46)36-22-8-9-23-19(14-22)15-26(38-23)31(49)50)40-30(48)29(47)39-24-16-20(34)5-10-27(24)44-17-35-42-43-44/h3-10,14-17,25,38,45H,11-13H2,1-2H3,(H,36,46)(H,39,47)(H,40,48)(H,49,50)(H2,37,41,51)/t25-/m0/s1. The molecule has 0 radical (unpaired) electrons. The SMILES string of the molecule is CC(C)(CCO)NC(=O)Nc1ccc(C[C@H](NC(=O)C(=O)Nc2cc(Cl)ccc2-n2cnnn2)C(=O)Nc2ccc3[nH]c(C(=O)O)cc3c2)cc1. The summed E-state index contributed by atoms with van der Waals surface area (Å²) in [6, 6.07) is 15.4. The molecule has 0 bridgehead atoms. The maximum atomic E-state index is 13.7. The molecule has 5 rings (SSSR count). The maximum absolute atomic E-state index is 13.7. The normalized spacial score (nSPS) is 11.8. The predicted octanol–water partition coefficient (Wildman–Crippen LogP) is 3.08. The van der Waals surface area contributed by atoms with Gasteiger partial charge in [0.2, 0.25) is 5.91 Å². The van der Waals surface area contributed by atoms with Crippen molar-refractivity contribution in [2.45, 2.75) is 38.3 Å². The van der Waals surface area contributed by atoms with Crippen LogP contribution in [0.1, 0.15) is 36.3 Å². The molecular formula is C33H33ClN10O7. The second-order valence-electron chi connectivity index (χ2n) is 12.0. The van der Waals surface area contributed by atoms with E-state index in [1.807, 2.05) is 0 Å². The number of anilines is 3. The fourth-order valence-corrected chi connectivity index (χ4v) is 5.19. The zero-order valence-electron chi connectivity index (χ0n) is 27.2. The number of aromatic amines is 1. The number of nitrogens with one attached hydrogen (secondary N) is 6. The number of halogens is 1. The van der Waals surface area contributed by atoms with Crippen LogP contribution in [0, 0.1) is 0 Å². The van der Waals surface area contributed by atoms with Crippen LogP contribution < -0.4 is 26.6 Å². The minimum Gasteiger partial charge on any atom is -0.477 e. The Hall–Kier alpha value is -6.33. The third kappa shape index (κ3) is 9.43. The number of carbonyl (C=O) groups is 5. The summed E-state index contributed by atoms with van der Waals surface area (Å²) in [6.07, 6.45) is 1.58. The molecular weight excluding hydrogens is 684 g/mol. The zero-order valence-corrected chi connectivity index (χ0v) is 28.0. The van der Waals surface area contributed by atoms with Crippen LogP contribution in [0.5, 0.6) is 0 Å². The van der Waals surface area contributed by atoms with Gasteiger partial charge in [-0.1, -0.05) is 23.7 Å². The summed E-state index contributed by atoms with van der Waals surface area (Å²) in [7, 11) is 0. The number of aliphatic hydroxyl groups is 1. The first-order chi connectivity index (χ1) is 24.3. The number of urea groups is 1. The molecule has 0 aliphatic heterocycles. The smallest absolute Gasteiger partial charge is 0.352 e. The molecule has 51 heavy (non-hydrogen) atoms. The van der Waals surface area contributed by atoms with Crippen molar-refractivity contribution < 1.29 is 34.2 Å². The van der Waals surface area contributed by atoms with Crippen LogP contribution in [-0.2, 0) is 20.8 Å². The number of hydrogen-bond donors (Lipinski definition) is 8. The highest BCUT2D eigenvalue weighted by Gasteiger charge is 2.26. The molecule has 264 valence electrons. The fraction of sp³-hybridized carbons (Fsp3) is 0.212. The van der Waals surface area contributed by atoms with E-state index in [-0.39, 0.29) is 29.4 Å². The third-order valence-electron chi connectivity index (χ3n) is 7.59. The van der Waals surface area contributed by atoms with E-state index < -0.39 is 41.3 Å². The van der Waals surface area contributed by atoms with Crippen LogP contribution in [0.2, 0.25) is 5.02 Å². The average Bonchev–Trinajstić information content (AvgIpc) is 3.76. The Bertz CT molecular complexity index is 2080. The van der Waals surface area contributed by atoms with Crippen LogP contribution in [0.25, 0.3) is 16.6 Å². The van der Waals surface area contributed by atoms with Gasteiger partial charge < -0.3 is 41.8 Å². The van der Waals surface area contributed by atoms with E-state index in [9.17, 15) is 34.2 Å². The minimum absolute atomic E-state index is 0.0307. The molecule has 18 heteroatoms. The van der Waals surface area contributed by atoms with Crippen molar-refractivity contribution in [2.24, 2.45) is 0 Å². The monoisotopic (exact) mass is 716 g/mol. The molecule has 3 aromatic carbocycles. The number of amides is 5. The Balaban J connectivity index is 1.33. The molecule has 17 nitrogen and oxygen atoms in total. The largest absolute Gasteiger partial charge is 0.477 e. The molecule has 2 heterocycles. The number of H-pyrrole nitrogens is 1. The van der Waals surface area contributed by atoms with Crippen LogP contribution in [-0.4, -0.2) is 83.3 Å². The Labute approximate surface area is 294 Å². The molecule has 2 aromatic heterocycles. The molecule has 8 N–H and O–H groups in total. The van der Waals surface area contributed by atoms with E-state index >= 15 is 0 Å². The lowest BCUT2D eigenvalue weighted by Gasteiger charge is -2.25. The number of tetrazole rings is 1. The Morgan fingerprint density at radius 2 is 1.67 bits per heavy atom. The fourth-order valence-electron chi connectivity index (χ4n) is 5.02. The van der Waals surface area contributed by atoms with Crippen molar-refractivity contribution in [3.8, 4) is 5.69 Å². The van der Waals surface area contributed by atoms with Gasteiger partial charge >= 0.3 is 23.8 Å². The van der Waals surface area contributed by atoms with Gasteiger partial charge in [-0.25, -0.2) is 9.59 Å². The molecule has 5 aromatic rings. The number of carboxylic acid groups (broad SMARTS) is 1. The van der Waals surface area contributed by atoms with Crippen molar-refractivity contribution in [3.05, 3.63) is 89.3 Å². The summed E-state index contributed by atoms with van der Waals surface area (Å²) in [4.78, 5) is 66.7. The van der Waals surface area contributed by atoms with Gasteiger partial charge in [0, 0.05) is 45.9 Å². The van der Waals surface area contributed by atoms with Gasteiger partial charge in [-0.15, -0.1) is 5.10 Å². The number of aliphatic hydroxyl groups excluding tert-OH is 1. The Morgan fingerprint density at radius 1 is 0.922 bits per heavy atom. The number of aromatic carboxylic acids is 1. The number of benzene rings is 3. The molecule has 0 aliphatic rings. The second kappa shape index (κ2) is 15.5. The van der Waals surface area contributed by atoms with Crippen LogP contribution in [0.15, 0.2) is 73.1 Å². The zero-order chi connectivity index (χ0) is 36.7. The number of fused-ring (bicyclic) bond motifs is 1. The lowest BCUT2D eigenvalue weighted by Crippen LogP contribution is -2.49. The second-order valence-corrected chi connectivity index (χ2v) is 12.4. The van der Waals surface area contributed by atoms with E-state index in [0.29, 0.717) is 39.9 Å². The number of hydrogen-bond acceptors (Lipinski definition) is 9. The van der Waals surface area contributed by atoms with E-state index in [1.165, 1.54) is 23.1 Å². The van der Waals surface area contributed by atoms with Gasteiger partial charge in [0.05, 0.1) is 11.4 Å². The summed E-state index contributed by atoms with van der Waals surface area (Å²) in [5.41, 5.74) is 1.65. The van der Waals surface area contributed by atoms with E-state index in [2.05, 4.69) is 47.1 Å². The summed E-state index contributed by atoms with van der Waals surface area (Å²) < 4.78 is 1.26. The van der Waals surface area contributed by atoms with Gasteiger partial charge in [-0.3, -0.25) is 14.4 Å². The van der Waals surface area contributed by atoms with Crippen molar-refractivity contribution >= 4 is 69.3 Å². The van der Waals surface area contributed by atoms with E-state index in [0.717, 1.165) is 0 Å². The number of carboxylic acids is 1. The summed E-state index contributed by atoms with van der Waals surface area (Å²) in [5, 5.41) is 43.4. The van der Waals surface area contributed by atoms with Gasteiger partial charge in [0.25, 0.3) is 0 Å². The van der Waals surface area contributed by atoms with Gasteiger partial charge in [0.15, 0.2) is 0 Å². The number of aromatic nitrogens is 5. The van der Waals surface area contributed by atoms with Gasteiger partial charge in [-0.2, -0.15) is 4.68 Å². The van der Waals surface area contributed by atoms with Crippen LogP contribution >= 0.6 is 11.6 Å². The number of rotatable bonds is 12. The van der Waals surface area contributed by atoms with Gasteiger partial charge in [0.1, 0.15) is 18.1 Å². The first-order valence-corrected chi connectivity index (χ1v) is 15.8. The molecule has 0 fully saturated rings. The van der Waals surface area contributed by atoms with Crippen molar-refractivity contribution in [1.29, 1.82) is 0 Å². The minimum atomic E-state index is -1.28. The molecule has 1 atom stereocenters. The molecule has 0 aliphatic carbocycles. The highest BCUT2D eigenvalue weighted by atomic mass is 35.5. The molecule has 0 spiro atoms. The predicted molar refractivity (Wildman–Crippen MR) is 187 cm³/mol. The first kappa shape index (κ1) is 36.0. The van der Waals surface area contributed by atoms with Crippen LogP contribution in [0.3, 0.4) is 0 Å². The lowest BCUT2D eigenvalue weighted by molar-refractivity contribution is -0.137. The average molecular weight is 717 g/mol. The topological polar surface area (TPSA) is 245 Å². The molecule has 0 saturated heterocycles. The molecule has 0 unspecified atom stereocenters. The molecule has 0 saturated carbocycles. The van der Waals surface area contributed by atoms with E-state index in [1.54, 1.807) is 68.4 Å². The maximum Gasteiger partial charge on any atom is 0.352 e. The Kier molecular flexibility index (Phi) is 10.9. The van der Waals surface area contributed by atoms with Gasteiger partial charge in [-0.05, 0) is 90.9 Å². The van der Waals surface area contributed by atoms with Crippen molar-refractivity contribution in [3.63, 3.8) is 0 Å². The van der Waals surface area contributed by atoms with Crippen LogP contribution in [0.4, 0.5) is 21.9 Å². The first-order valence-electron chi connectivity index (χ1n) is 15.4. The highest BCUT2D eigenvalue weighted by molar-refractivity contribution is 6.40. The number of nitrogens with zero attached hydrogens (tertiary/aromatic N) is 4. The quantitative estimate of drug-likeness (QED) is 0.0877. The number of carbonyl (C=O) groups excluding carboxylic acids is 4. The third-order valence-corrected chi connectivity index (χ3v) is 7.82. The van der Waals surface area contributed by atoms with Crippen molar-refractivity contribution in [2.75, 3.05) is 22.6 Å². The summed E-state index contributed by atoms with van der Waals surface area (Å²) in [6.45, 7) is 3.46.